The van der Waals surface area contributed by atoms with Crippen molar-refractivity contribution >= 4 is 21.9 Å². The van der Waals surface area contributed by atoms with Crippen molar-refractivity contribution in [1.82, 2.24) is 0 Å². The van der Waals surface area contributed by atoms with Crippen LogP contribution in [0.2, 0.25) is 0 Å². The van der Waals surface area contributed by atoms with Crippen LogP contribution in [0, 0.1) is 11.3 Å². The van der Waals surface area contributed by atoms with Crippen molar-refractivity contribution in [3.63, 3.8) is 0 Å². The molecule has 1 aromatic rings. The Balaban J connectivity index is 3.33. The zero-order valence-electron chi connectivity index (χ0n) is 8.50. The molecule has 0 spiro atoms. The lowest BCUT2D eigenvalue weighted by atomic mass is 10.0. The topological polar surface area (TPSA) is 50.1 Å². The Hall–Kier alpha value is -1.34. The maximum atomic E-state index is 11.4. The smallest absolute Gasteiger partial charge is 0.339 e. The number of aryl methyl sites for hydroxylation is 1. The standard InChI is InChI=1S/C11H10BrNO2/c1-3-7-4-9(11(14)15-2)10(12)5-8(7)6-13/h4-5H,3H2,1-2H3. The summed E-state index contributed by atoms with van der Waals surface area (Å²) in [5.41, 5.74) is 1.88. The SMILES string of the molecule is CCc1cc(C(=O)OC)c(Br)cc1C#N. The molecule has 4 heteroatoms. The van der Waals surface area contributed by atoms with Crippen LogP contribution in [-0.2, 0) is 11.2 Å². The van der Waals surface area contributed by atoms with Crippen molar-refractivity contribution < 1.29 is 9.53 Å². The van der Waals surface area contributed by atoms with Crippen molar-refractivity contribution in [2.24, 2.45) is 0 Å². The van der Waals surface area contributed by atoms with E-state index in [1.807, 2.05) is 6.92 Å². The van der Waals surface area contributed by atoms with Crippen molar-refractivity contribution in [1.29, 1.82) is 5.26 Å². The number of rotatable bonds is 2. The molecule has 0 fully saturated rings. The lowest BCUT2D eigenvalue weighted by Gasteiger charge is -2.06. The predicted molar refractivity (Wildman–Crippen MR) is 59.6 cm³/mol. The Morgan fingerprint density at radius 1 is 1.60 bits per heavy atom. The molecule has 0 N–H and O–H groups in total. The molecule has 1 rings (SSSR count). The molecular weight excluding hydrogens is 258 g/mol. The molecule has 78 valence electrons. The van der Waals surface area contributed by atoms with Gasteiger partial charge in [0, 0.05) is 4.47 Å². The second-order valence-electron chi connectivity index (χ2n) is 2.95. The summed E-state index contributed by atoms with van der Waals surface area (Å²) < 4.78 is 5.22. The average molecular weight is 268 g/mol. The Labute approximate surface area is 96.8 Å². The minimum Gasteiger partial charge on any atom is -0.465 e. The van der Waals surface area contributed by atoms with Crippen LogP contribution in [0.5, 0.6) is 0 Å². The first kappa shape index (κ1) is 11.7. The van der Waals surface area contributed by atoms with E-state index >= 15 is 0 Å². The molecule has 0 aliphatic heterocycles. The molecule has 3 nitrogen and oxygen atoms in total. The van der Waals surface area contributed by atoms with Crippen LogP contribution in [-0.4, -0.2) is 13.1 Å². The third kappa shape index (κ3) is 2.37. The molecule has 0 aromatic heterocycles. The number of nitrogens with zero attached hydrogens (tertiary/aromatic N) is 1. The first-order chi connectivity index (χ1) is 7.13. The van der Waals surface area contributed by atoms with Gasteiger partial charge in [-0.15, -0.1) is 0 Å². The normalized spacial score (nSPS) is 9.47. The number of hydrogen-bond acceptors (Lipinski definition) is 3. The van der Waals surface area contributed by atoms with Crippen LogP contribution >= 0.6 is 15.9 Å². The van der Waals surface area contributed by atoms with E-state index in [0.717, 1.165) is 5.56 Å². The van der Waals surface area contributed by atoms with E-state index in [1.54, 1.807) is 12.1 Å². The number of ether oxygens (including phenoxy) is 1. The molecule has 0 saturated carbocycles. The first-order valence-electron chi connectivity index (χ1n) is 4.44. The van der Waals surface area contributed by atoms with Crippen LogP contribution < -0.4 is 0 Å². The highest BCUT2D eigenvalue weighted by molar-refractivity contribution is 9.10. The highest BCUT2D eigenvalue weighted by atomic mass is 79.9. The number of halogens is 1. The lowest BCUT2D eigenvalue weighted by Crippen LogP contribution is -2.04. The van der Waals surface area contributed by atoms with Gasteiger partial charge in [0.2, 0.25) is 0 Å². The summed E-state index contributed by atoms with van der Waals surface area (Å²) >= 11 is 3.24. The van der Waals surface area contributed by atoms with E-state index < -0.39 is 5.97 Å². The molecule has 0 saturated heterocycles. The van der Waals surface area contributed by atoms with E-state index in [-0.39, 0.29) is 0 Å². The second-order valence-corrected chi connectivity index (χ2v) is 3.80. The zero-order valence-corrected chi connectivity index (χ0v) is 10.1. The van der Waals surface area contributed by atoms with E-state index in [4.69, 9.17) is 5.26 Å². The van der Waals surface area contributed by atoms with E-state index in [1.165, 1.54) is 7.11 Å². The summed E-state index contributed by atoms with van der Waals surface area (Å²) in [7, 11) is 1.33. The van der Waals surface area contributed by atoms with Gasteiger partial charge >= 0.3 is 5.97 Å². The number of carbonyl (C=O) groups excluding carboxylic acids is 1. The van der Waals surface area contributed by atoms with Gasteiger partial charge < -0.3 is 4.74 Å². The van der Waals surface area contributed by atoms with E-state index in [2.05, 4.69) is 26.7 Å². The summed E-state index contributed by atoms with van der Waals surface area (Å²) in [6.45, 7) is 1.94. The number of methoxy groups -OCH3 is 1. The van der Waals surface area contributed by atoms with Crippen molar-refractivity contribution in [3.8, 4) is 6.07 Å². The molecule has 0 amide bonds. The van der Waals surface area contributed by atoms with Gasteiger partial charge in [0.05, 0.1) is 24.3 Å². The summed E-state index contributed by atoms with van der Waals surface area (Å²) in [4.78, 5) is 11.4. The third-order valence-corrected chi connectivity index (χ3v) is 2.76. The predicted octanol–water partition coefficient (Wildman–Crippen LogP) is 2.67. The second kappa shape index (κ2) is 4.94. The molecule has 15 heavy (non-hydrogen) atoms. The fraction of sp³-hybridized carbons (Fsp3) is 0.273. The first-order valence-corrected chi connectivity index (χ1v) is 5.24. The van der Waals surface area contributed by atoms with Gasteiger partial charge in [0.25, 0.3) is 0 Å². The summed E-state index contributed by atoms with van der Waals surface area (Å²) in [6, 6.07) is 5.42. The maximum Gasteiger partial charge on any atom is 0.339 e. The molecule has 0 atom stereocenters. The number of nitriles is 1. The van der Waals surface area contributed by atoms with Gasteiger partial charge in [0.1, 0.15) is 0 Å². The van der Waals surface area contributed by atoms with E-state index in [9.17, 15) is 4.79 Å². The Bertz CT molecular complexity index is 435. The molecule has 0 radical (unpaired) electrons. The zero-order chi connectivity index (χ0) is 11.4. The summed E-state index contributed by atoms with van der Waals surface area (Å²) in [5.74, 6) is -0.402. The Kier molecular flexibility index (Phi) is 3.87. The number of benzene rings is 1. The molecule has 0 unspecified atom stereocenters. The molecule has 1 aromatic carbocycles. The number of esters is 1. The molecule has 0 heterocycles. The quantitative estimate of drug-likeness (QED) is 0.775. The van der Waals surface area contributed by atoms with Crippen molar-refractivity contribution in [2.75, 3.05) is 7.11 Å². The van der Waals surface area contributed by atoms with Crippen LogP contribution in [0.1, 0.15) is 28.4 Å². The van der Waals surface area contributed by atoms with Crippen molar-refractivity contribution in [3.05, 3.63) is 33.3 Å². The Morgan fingerprint density at radius 2 is 2.27 bits per heavy atom. The lowest BCUT2D eigenvalue weighted by molar-refractivity contribution is 0.0599. The monoisotopic (exact) mass is 267 g/mol. The van der Waals surface area contributed by atoms with Crippen LogP contribution in [0.3, 0.4) is 0 Å². The largest absolute Gasteiger partial charge is 0.465 e. The van der Waals surface area contributed by atoms with Crippen LogP contribution in [0.25, 0.3) is 0 Å². The molecule has 0 bridgehead atoms. The minimum absolute atomic E-state index is 0.402. The molecular formula is C11H10BrNO2. The highest BCUT2D eigenvalue weighted by Gasteiger charge is 2.13. The average Bonchev–Trinajstić information content (AvgIpc) is 2.27. The van der Waals surface area contributed by atoms with E-state index in [0.29, 0.717) is 22.0 Å². The molecule has 0 aliphatic carbocycles. The number of hydrogen-bond donors (Lipinski definition) is 0. The fourth-order valence-electron chi connectivity index (χ4n) is 1.28. The van der Waals surface area contributed by atoms with Gasteiger partial charge in [-0.25, -0.2) is 4.79 Å². The van der Waals surface area contributed by atoms with Crippen molar-refractivity contribution in [2.45, 2.75) is 13.3 Å². The van der Waals surface area contributed by atoms with Gasteiger partial charge in [-0.2, -0.15) is 5.26 Å². The van der Waals surface area contributed by atoms with Gasteiger partial charge in [-0.05, 0) is 40.0 Å². The van der Waals surface area contributed by atoms with Crippen LogP contribution in [0.4, 0.5) is 0 Å². The summed E-state index contributed by atoms with van der Waals surface area (Å²) in [5, 5.41) is 8.87. The maximum absolute atomic E-state index is 11.4. The minimum atomic E-state index is -0.402. The van der Waals surface area contributed by atoms with Crippen LogP contribution in [0.15, 0.2) is 16.6 Å². The van der Waals surface area contributed by atoms with Gasteiger partial charge in [-0.1, -0.05) is 6.92 Å². The number of carbonyl (C=O) groups is 1. The summed E-state index contributed by atoms with van der Waals surface area (Å²) in [6.07, 6.45) is 0.708. The fourth-order valence-corrected chi connectivity index (χ4v) is 1.79. The third-order valence-electron chi connectivity index (χ3n) is 2.10. The highest BCUT2D eigenvalue weighted by Crippen LogP contribution is 2.23. The van der Waals surface area contributed by atoms with Gasteiger partial charge in [0.15, 0.2) is 0 Å². The Morgan fingerprint density at radius 3 is 2.73 bits per heavy atom. The molecule has 0 aliphatic rings. The van der Waals surface area contributed by atoms with Gasteiger partial charge in [-0.3, -0.25) is 0 Å².